The van der Waals surface area contributed by atoms with Crippen LogP contribution in [-0.4, -0.2) is 57.5 Å². The average Bonchev–Trinajstić information content (AvgIpc) is 3.27. The molecule has 1 heterocycles. The maximum Gasteiger partial charge on any atom is 0.338 e. The van der Waals surface area contributed by atoms with Gasteiger partial charge >= 0.3 is 5.97 Å². The average molecular weight is 396 g/mol. The number of nitrogens with zero attached hydrogens (tertiary/aromatic N) is 1. The second kappa shape index (κ2) is 7.85. The maximum absolute atomic E-state index is 12.5. The van der Waals surface area contributed by atoms with Crippen LogP contribution in [-0.2, 0) is 19.6 Å². The van der Waals surface area contributed by atoms with Crippen LogP contribution in [0.4, 0.5) is 0 Å². The van der Waals surface area contributed by atoms with Crippen LogP contribution in [0.3, 0.4) is 0 Å². The molecule has 2 fully saturated rings. The summed E-state index contributed by atoms with van der Waals surface area (Å²) in [6, 6.07) is 3.97. The number of hydrogen-bond donors (Lipinski definition) is 1. The van der Waals surface area contributed by atoms with E-state index in [0.29, 0.717) is 13.1 Å². The van der Waals surface area contributed by atoms with Crippen molar-refractivity contribution in [3.05, 3.63) is 23.8 Å². The monoisotopic (exact) mass is 396 g/mol. The molecular formula is C18H24N2O6S. The first kappa shape index (κ1) is 19.6. The molecule has 0 aromatic heterocycles. The molecule has 0 bridgehead atoms. The number of ether oxygens (including phenoxy) is 2. The maximum atomic E-state index is 12.5. The fourth-order valence-electron chi connectivity index (χ4n) is 2.97. The van der Waals surface area contributed by atoms with E-state index in [1.165, 1.54) is 32.2 Å². The number of amides is 1. The fourth-order valence-corrected chi connectivity index (χ4v) is 4.47. The Morgan fingerprint density at radius 2 is 1.89 bits per heavy atom. The zero-order valence-electron chi connectivity index (χ0n) is 15.4. The molecular weight excluding hydrogens is 372 g/mol. The molecule has 1 N–H and O–H groups in total. The van der Waals surface area contributed by atoms with Crippen molar-refractivity contribution in [2.75, 3.05) is 20.2 Å². The Bertz CT molecular complexity index is 828. The highest BCUT2D eigenvalue weighted by atomic mass is 32.2. The summed E-state index contributed by atoms with van der Waals surface area (Å²) >= 11 is 0. The van der Waals surface area contributed by atoms with Gasteiger partial charge in [0, 0.05) is 19.1 Å². The molecule has 1 amide bonds. The van der Waals surface area contributed by atoms with Crippen molar-refractivity contribution in [1.82, 2.24) is 9.62 Å². The summed E-state index contributed by atoms with van der Waals surface area (Å²) in [7, 11) is -2.45. The highest BCUT2D eigenvalue weighted by Gasteiger charge is 2.31. The molecule has 0 spiro atoms. The van der Waals surface area contributed by atoms with Gasteiger partial charge in [0.05, 0.1) is 12.7 Å². The summed E-state index contributed by atoms with van der Waals surface area (Å²) < 4.78 is 38.0. The minimum atomic E-state index is -3.81. The Labute approximate surface area is 158 Å². The summed E-state index contributed by atoms with van der Waals surface area (Å²) in [5.41, 5.74) is 0.0491. The summed E-state index contributed by atoms with van der Waals surface area (Å²) in [6.07, 6.45) is 2.54. The number of methoxy groups -OCH3 is 1. The van der Waals surface area contributed by atoms with Gasteiger partial charge in [0.25, 0.3) is 5.91 Å². The lowest BCUT2D eigenvalue weighted by Gasteiger charge is -2.20. The predicted molar refractivity (Wildman–Crippen MR) is 97.0 cm³/mol. The van der Waals surface area contributed by atoms with Crippen LogP contribution < -0.4 is 9.46 Å². The molecule has 1 aliphatic carbocycles. The van der Waals surface area contributed by atoms with E-state index in [2.05, 4.69) is 4.72 Å². The molecule has 148 valence electrons. The smallest absolute Gasteiger partial charge is 0.338 e. The second-order valence-electron chi connectivity index (χ2n) is 6.84. The molecule has 1 atom stereocenters. The number of carbonyl (C=O) groups excluding carboxylic acids is 2. The van der Waals surface area contributed by atoms with Gasteiger partial charge < -0.3 is 14.4 Å². The lowest BCUT2D eigenvalue weighted by atomic mass is 10.2. The van der Waals surface area contributed by atoms with Crippen LogP contribution in [0.2, 0.25) is 0 Å². The van der Waals surface area contributed by atoms with E-state index in [0.717, 1.165) is 25.7 Å². The Morgan fingerprint density at radius 3 is 2.48 bits per heavy atom. The number of carbonyl (C=O) groups is 2. The molecule has 9 heteroatoms. The van der Waals surface area contributed by atoms with E-state index in [-0.39, 0.29) is 28.2 Å². The van der Waals surface area contributed by atoms with Crippen molar-refractivity contribution in [1.29, 1.82) is 0 Å². The van der Waals surface area contributed by atoms with Gasteiger partial charge in [-0.05, 0) is 50.8 Å². The van der Waals surface area contributed by atoms with Crippen molar-refractivity contribution < 1.29 is 27.5 Å². The Balaban J connectivity index is 1.76. The highest BCUT2D eigenvalue weighted by Crippen LogP contribution is 2.28. The summed E-state index contributed by atoms with van der Waals surface area (Å²) in [4.78, 5) is 26.3. The molecule has 3 rings (SSSR count). The van der Waals surface area contributed by atoms with E-state index >= 15 is 0 Å². The van der Waals surface area contributed by atoms with Gasteiger partial charge in [0.1, 0.15) is 10.6 Å². The Morgan fingerprint density at radius 1 is 1.22 bits per heavy atom. The normalized spacial score (nSPS) is 18.2. The van der Waals surface area contributed by atoms with Crippen LogP contribution in [0, 0.1) is 0 Å². The fraction of sp³-hybridized carbons (Fsp3) is 0.556. The molecule has 1 aromatic rings. The largest absolute Gasteiger partial charge is 0.495 e. The first-order valence-corrected chi connectivity index (χ1v) is 10.5. The molecule has 1 aliphatic heterocycles. The second-order valence-corrected chi connectivity index (χ2v) is 8.52. The molecule has 0 radical (unpaired) electrons. The standard InChI is InChI=1S/C18H24N2O6S/c1-12(17(21)20-9-3-4-10-20)26-18(22)13-5-8-15(25-2)16(11-13)27(23,24)19-14-6-7-14/h5,8,11-12,14,19H,3-4,6-7,9-10H2,1-2H3/t12-/m1/s1. The molecule has 1 saturated heterocycles. The summed E-state index contributed by atoms with van der Waals surface area (Å²) in [5, 5.41) is 0. The number of hydrogen-bond acceptors (Lipinski definition) is 6. The molecule has 27 heavy (non-hydrogen) atoms. The van der Waals surface area contributed by atoms with Crippen LogP contribution in [0.15, 0.2) is 23.1 Å². The topological polar surface area (TPSA) is 102 Å². The molecule has 2 aliphatic rings. The van der Waals surface area contributed by atoms with Gasteiger partial charge in [-0.25, -0.2) is 17.9 Å². The summed E-state index contributed by atoms with van der Waals surface area (Å²) in [5.74, 6) is -0.848. The third kappa shape index (κ3) is 4.59. The minimum Gasteiger partial charge on any atom is -0.495 e. The van der Waals surface area contributed by atoms with E-state index < -0.39 is 22.1 Å². The van der Waals surface area contributed by atoms with E-state index in [1.807, 2.05) is 0 Å². The van der Waals surface area contributed by atoms with Crippen LogP contribution in [0.5, 0.6) is 5.75 Å². The third-order valence-electron chi connectivity index (χ3n) is 4.64. The van der Waals surface area contributed by atoms with Crippen molar-refractivity contribution in [2.24, 2.45) is 0 Å². The van der Waals surface area contributed by atoms with Crippen LogP contribution in [0.25, 0.3) is 0 Å². The van der Waals surface area contributed by atoms with Gasteiger partial charge in [0.15, 0.2) is 6.10 Å². The van der Waals surface area contributed by atoms with Crippen molar-refractivity contribution in [2.45, 2.75) is 49.6 Å². The number of rotatable bonds is 7. The highest BCUT2D eigenvalue weighted by molar-refractivity contribution is 7.89. The van der Waals surface area contributed by atoms with E-state index in [4.69, 9.17) is 9.47 Å². The van der Waals surface area contributed by atoms with Crippen molar-refractivity contribution >= 4 is 21.9 Å². The van der Waals surface area contributed by atoms with E-state index in [9.17, 15) is 18.0 Å². The lowest BCUT2D eigenvalue weighted by molar-refractivity contribution is -0.138. The van der Waals surface area contributed by atoms with Gasteiger partial charge in [-0.1, -0.05) is 0 Å². The molecule has 8 nitrogen and oxygen atoms in total. The number of sulfonamides is 1. The molecule has 0 unspecified atom stereocenters. The minimum absolute atomic E-state index is 0.0491. The van der Waals surface area contributed by atoms with Gasteiger partial charge in [-0.2, -0.15) is 0 Å². The first-order chi connectivity index (χ1) is 12.8. The van der Waals surface area contributed by atoms with Gasteiger partial charge in [-0.3, -0.25) is 4.79 Å². The van der Waals surface area contributed by atoms with Gasteiger partial charge in [0.2, 0.25) is 10.0 Å². The quantitative estimate of drug-likeness (QED) is 0.697. The lowest BCUT2D eigenvalue weighted by Crippen LogP contribution is -2.38. The van der Waals surface area contributed by atoms with Gasteiger partial charge in [-0.15, -0.1) is 0 Å². The van der Waals surface area contributed by atoms with Crippen LogP contribution in [0.1, 0.15) is 43.0 Å². The number of benzene rings is 1. The van der Waals surface area contributed by atoms with Crippen molar-refractivity contribution in [3.8, 4) is 5.75 Å². The zero-order valence-corrected chi connectivity index (χ0v) is 16.3. The third-order valence-corrected chi connectivity index (χ3v) is 6.18. The first-order valence-electron chi connectivity index (χ1n) is 9.02. The predicted octanol–water partition coefficient (Wildman–Crippen LogP) is 1.30. The number of likely N-dealkylation sites (tertiary alicyclic amines) is 1. The molecule has 1 aromatic carbocycles. The number of nitrogens with one attached hydrogen (secondary N) is 1. The summed E-state index contributed by atoms with van der Waals surface area (Å²) in [6.45, 7) is 2.85. The zero-order chi connectivity index (χ0) is 19.6. The van der Waals surface area contributed by atoms with E-state index in [1.54, 1.807) is 4.90 Å². The Kier molecular flexibility index (Phi) is 5.71. The number of esters is 1. The van der Waals surface area contributed by atoms with Crippen molar-refractivity contribution in [3.63, 3.8) is 0 Å². The molecule has 1 saturated carbocycles. The SMILES string of the molecule is COc1ccc(C(=O)O[C@H](C)C(=O)N2CCCC2)cc1S(=O)(=O)NC1CC1. The Hall–Kier alpha value is -2.13. The van der Waals surface area contributed by atoms with Crippen LogP contribution >= 0.6 is 0 Å².